The van der Waals surface area contributed by atoms with Gasteiger partial charge in [-0.1, -0.05) is 0 Å². The summed E-state index contributed by atoms with van der Waals surface area (Å²) >= 11 is 3.58. The highest BCUT2D eigenvalue weighted by Gasteiger charge is 2.23. The molecule has 2 nitrogen and oxygen atoms in total. The molecule has 55 valence electrons. The second kappa shape index (κ2) is 3.15. The molecule has 0 atom stereocenters. The van der Waals surface area contributed by atoms with E-state index in [-0.39, 0.29) is 0 Å². The van der Waals surface area contributed by atoms with Gasteiger partial charge in [-0.2, -0.15) is 0 Å². The fraction of sp³-hybridized carbons (Fsp3) is 0.667. The Hall–Kier alpha value is 0.330. The molecule has 2 heterocycles. The van der Waals surface area contributed by atoms with Crippen LogP contribution in [0.3, 0.4) is 0 Å². The first-order valence-electron chi connectivity index (χ1n) is 3.39. The Morgan fingerprint density at radius 3 is 3.00 bits per heavy atom. The summed E-state index contributed by atoms with van der Waals surface area (Å²) in [6.45, 7) is 1.11. The molecule has 0 bridgehead atoms. The van der Waals surface area contributed by atoms with Gasteiger partial charge >= 0.3 is 0 Å². The molecule has 0 saturated carbocycles. The second-order valence-corrected chi connectivity index (χ2v) is 4.18. The molecule has 0 amide bonds. The lowest BCUT2D eigenvalue weighted by Crippen LogP contribution is -2.19. The van der Waals surface area contributed by atoms with Crippen molar-refractivity contribution < 1.29 is 0 Å². The standard InChI is InChI=1S/C6H9N2S2/c1-3-10-8-5(1)6-7-2-4-9-6/h7H,1-4H2. The zero-order chi connectivity index (χ0) is 6.81. The second-order valence-electron chi connectivity index (χ2n) is 2.23. The van der Waals surface area contributed by atoms with Gasteiger partial charge in [0.2, 0.25) is 0 Å². The Labute approximate surface area is 69.4 Å². The third-order valence-corrected chi connectivity index (χ3v) is 3.31. The summed E-state index contributed by atoms with van der Waals surface area (Å²) in [7, 11) is 0. The minimum atomic E-state index is 1.11. The van der Waals surface area contributed by atoms with E-state index in [2.05, 4.69) is 9.71 Å². The number of hydrogen-bond acceptors (Lipinski definition) is 4. The maximum atomic E-state index is 4.33. The molecule has 1 fully saturated rings. The van der Waals surface area contributed by atoms with E-state index in [4.69, 9.17) is 0 Å². The molecular weight excluding hydrogens is 164 g/mol. The summed E-state index contributed by atoms with van der Waals surface area (Å²) in [5, 5.41) is 4.66. The Morgan fingerprint density at radius 1 is 1.40 bits per heavy atom. The van der Waals surface area contributed by atoms with Crippen LogP contribution in [0, 0.1) is 5.37 Å². The summed E-state index contributed by atoms with van der Waals surface area (Å²) in [6, 6.07) is 0. The van der Waals surface area contributed by atoms with Crippen LogP contribution in [0.15, 0.2) is 4.40 Å². The van der Waals surface area contributed by atoms with E-state index in [1.807, 2.05) is 11.8 Å². The average Bonchev–Trinajstić information content (AvgIpc) is 2.59. The van der Waals surface area contributed by atoms with Gasteiger partial charge in [-0.3, -0.25) is 5.32 Å². The minimum absolute atomic E-state index is 1.11. The fourth-order valence-corrected chi connectivity index (χ4v) is 2.72. The van der Waals surface area contributed by atoms with Gasteiger partial charge in [0.25, 0.3) is 0 Å². The molecule has 0 spiro atoms. The van der Waals surface area contributed by atoms with Crippen LogP contribution in [0.5, 0.6) is 0 Å². The number of nitrogens with zero attached hydrogens (tertiary/aromatic N) is 1. The largest absolute Gasteiger partial charge is 0.295 e. The number of thioether (sulfide) groups is 1. The van der Waals surface area contributed by atoms with E-state index in [1.165, 1.54) is 22.6 Å². The van der Waals surface area contributed by atoms with Crippen molar-refractivity contribution in [2.24, 2.45) is 4.40 Å². The average molecular weight is 173 g/mol. The SMILES string of the molecule is C1CS[C](C2=NSCC2)N1. The molecule has 4 heteroatoms. The lowest BCUT2D eigenvalue weighted by atomic mass is 10.3. The molecule has 0 aromatic rings. The Morgan fingerprint density at radius 2 is 2.40 bits per heavy atom. The highest BCUT2D eigenvalue weighted by molar-refractivity contribution is 8.03. The number of hydrogen-bond donors (Lipinski definition) is 1. The number of rotatable bonds is 1. The van der Waals surface area contributed by atoms with E-state index in [0.717, 1.165) is 13.0 Å². The summed E-state index contributed by atoms with van der Waals surface area (Å²) in [6.07, 6.45) is 1.15. The van der Waals surface area contributed by atoms with E-state index in [0.29, 0.717) is 0 Å². The predicted octanol–water partition coefficient (Wildman–Crippen LogP) is 1.31. The monoisotopic (exact) mass is 173 g/mol. The Kier molecular flexibility index (Phi) is 2.21. The highest BCUT2D eigenvalue weighted by Crippen LogP contribution is 2.29. The van der Waals surface area contributed by atoms with Gasteiger partial charge in [0, 0.05) is 24.5 Å². The van der Waals surface area contributed by atoms with E-state index in [9.17, 15) is 0 Å². The molecule has 0 aromatic heterocycles. The van der Waals surface area contributed by atoms with Gasteiger partial charge in [-0.15, -0.1) is 11.8 Å². The van der Waals surface area contributed by atoms with Gasteiger partial charge in [-0.05, 0) is 11.9 Å². The van der Waals surface area contributed by atoms with Gasteiger partial charge in [0.15, 0.2) is 0 Å². The number of nitrogens with one attached hydrogen (secondary N) is 1. The summed E-state index contributed by atoms with van der Waals surface area (Å²) in [4.78, 5) is 0. The highest BCUT2D eigenvalue weighted by atomic mass is 32.2. The molecule has 2 aliphatic rings. The first kappa shape index (κ1) is 7.00. The zero-order valence-corrected chi connectivity index (χ0v) is 7.23. The van der Waals surface area contributed by atoms with Gasteiger partial charge in [-0.25, -0.2) is 4.40 Å². The van der Waals surface area contributed by atoms with Gasteiger partial charge in [0.1, 0.15) is 5.37 Å². The van der Waals surface area contributed by atoms with E-state index in [1.54, 1.807) is 11.9 Å². The normalized spacial score (nSPS) is 27.4. The van der Waals surface area contributed by atoms with Crippen LogP contribution in [-0.4, -0.2) is 23.8 Å². The molecule has 10 heavy (non-hydrogen) atoms. The first-order valence-corrected chi connectivity index (χ1v) is 5.32. The minimum Gasteiger partial charge on any atom is -0.295 e. The quantitative estimate of drug-likeness (QED) is 0.605. The molecule has 0 aliphatic carbocycles. The topological polar surface area (TPSA) is 24.4 Å². The molecule has 2 rings (SSSR count). The molecule has 1 N–H and O–H groups in total. The van der Waals surface area contributed by atoms with Crippen molar-refractivity contribution in [3.8, 4) is 0 Å². The third kappa shape index (κ3) is 1.33. The summed E-state index contributed by atoms with van der Waals surface area (Å²) < 4.78 is 4.33. The summed E-state index contributed by atoms with van der Waals surface area (Å²) in [5.74, 6) is 2.38. The van der Waals surface area contributed by atoms with E-state index < -0.39 is 0 Å². The van der Waals surface area contributed by atoms with Crippen molar-refractivity contribution in [2.45, 2.75) is 6.42 Å². The molecule has 2 aliphatic heterocycles. The first-order chi connectivity index (χ1) is 4.97. The van der Waals surface area contributed by atoms with Crippen molar-refractivity contribution in [1.29, 1.82) is 0 Å². The van der Waals surface area contributed by atoms with Gasteiger partial charge < -0.3 is 0 Å². The fourth-order valence-electron chi connectivity index (χ4n) is 1.02. The molecule has 1 radical (unpaired) electrons. The van der Waals surface area contributed by atoms with Crippen LogP contribution < -0.4 is 5.32 Å². The third-order valence-electron chi connectivity index (χ3n) is 1.50. The smallest absolute Gasteiger partial charge is 0.138 e. The van der Waals surface area contributed by atoms with Crippen molar-refractivity contribution in [3.63, 3.8) is 0 Å². The van der Waals surface area contributed by atoms with Crippen molar-refractivity contribution >= 4 is 29.4 Å². The van der Waals surface area contributed by atoms with Crippen LogP contribution in [0.1, 0.15) is 6.42 Å². The predicted molar refractivity (Wildman–Crippen MR) is 48.2 cm³/mol. The lowest BCUT2D eigenvalue weighted by Gasteiger charge is -2.04. The Balaban J connectivity index is 1.97. The van der Waals surface area contributed by atoms with Crippen LogP contribution in [-0.2, 0) is 0 Å². The molecule has 1 saturated heterocycles. The van der Waals surface area contributed by atoms with Crippen LogP contribution in [0.25, 0.3) is 0 Å². The van der Waals surface area contributed by atoms with Crippen molar-refractivity contribution in [3.05, 3.63) is 5.37 Å². The maximum absolute atomic E-state index is 4.33. The Bertz CT molecular complexity index is 152. The van der Waals surface area contributed by atoms with Crippen molar-refractivity contribution in [2.75, 3.05) is 18.1 Å². The maximum Gasteiger partial charge on any atom is 0.138 e. The van der Waals surface area contributed by atoms with Gasteiger partial charge in [0.05, 0.1) is 5.71 Å². The summed E-state index contributed by atoms with van der Waals surface area (Å²) in [5.41, 5.74) is 1.28. The molecular formula is C6H9N2S2. The van der Waals surface area contributed by atoms with Crippen molar-refractivity contribution in [1.82, 2.24) is 5.32 Å². The van der Waals surface area contributed by atoms with Crippen LogP contribution in [0.4, 0.5) is 0 Å². The molecule has 0 unspecified atom stereocenters. The van der Waals surface area contributed by atoms with E-state index >= 15 is 0 Å². The lowest BCUT2D eigenvalue weighted by molar-refractivity contribution is 0.904. The molecule has 0 aromatic carbocycles. The van der Waals surface area contributed by atoms with Crippen LogP contribution >= 0.6 is 23.7 Å². The zero-order valence-electron chi connectivity index (χ0n) is 5.59. The van der Waals surface area contributed by atoms with Crippen LogP contribution in [0.2, 0.25) is 0 Å².